The average molecular weight is 597 g/mol. The van der Waals surface area contributed by atoms with E-state index in [1.807, 2.05) is 0 Å². The molecule has 0 unspecified atom stereocenters. The first-order chi connectivity index (χ1) is 11.0. The predicted molar refractivity (Wildman–Crippen MR) is 115 cm³/mol. The van der Waals surface area contributed by atoms with E-state index in [4.69, 9.17) is 18.9 Å². The van der Waals surface area contributed by atoms with Gasteiger partial charge in [-0.3, -0.25) is 0 Å². The topological polar surface area (TPSA) is 36.9 Å². The zero-order valence-corrected chi connectivity index (χ0v) is 23.6. The molecule has 24 heavy (non-hydrogen) atoms. The van der Waals surface area contributed by atoms with Crippen molar-refractivity contribution in [1.29, 1.82) is 0 Å². The van der Waals surface area contributed by atoms with Crippen LogP contribution in [0.25, 0.3) is 0 Å². The molecule has 0 amide bonds. The quantitative estimate of drug-likeness (QED) is 0.312. The Morgan fingerprint density at radius 2 is 1.08 bits per heavy atom. The molecule has 4 nitrogen and oxygen atoms in total. The van der Waals surface area contributed by atoms with Crippen molar-refractivity contribution in [2.45, 2.75) is 65.2 Å². The fraction of sp³-hybridized carbons (Fsp3) is 1.00. The summed E-state index contributed by atoms with van der Waals surface area (Å²) in [4.78, 5) is 0. The van der Waals surface area contributed by atoms with Gasteiger partial charge >= 0.3 is 114 Å². The summed E-state index contributed by atoms with van der Waals surface area (Å²) in [6, 6.07) is 0. The Balaban J connectivity index is 0.000000358. The molecule has 2 aliphatic heterocycles. The van der Waals surface area contributed by atoms with Crippen LogP contribution >= 0.6 is 29.9 Å². The first kappa shape index (κ1) is 25.9. The fourth-order valence-corrected chi connectivity index (χ4v) is 4.47. The van der Waals surface area contributed by atoms with Gasteiger partial charge in [-0.05, 0) is 0 Å². The van der Waals surface area contributed by atoms with E-state index in [0.717, 1.165) is 44.6 Å². The number of hydrogen-bond donors (Lipinski definition) is 0. The van der Waals surface area contributed by atoms with Gasteiger partial charge in [-0.15, -0.1) is 0 Å². The van der Waals surface area contributed by atoms with E-state index in [9.17, 15) is 0 Å². The fourth-order valence-electron chi connectivity index (χ4n) is 1.79. The van der Waals surface area contributed by atoms with Crippen LogP contribution in [0.3, 0.4) is 0 Å². The average Bonchev–Trinajstić information content (AvgIpc) is 3.08. The molecule has 2 saturated heterocycles. The molecule has 0 spiro atoms. The van der Waals surface area contributed by atoms with E-state index in [2.05, 4.69) is 64.5 Å². The predicted octanol–water partition coefficient (Wildman–Crippen LogP) is 5.45. The van der Waals surface area contributed by atoms with E-state index in [1.165, 1.54) is 5.25 Å². The summed E-state index contributed by atoms with van der Waals surface area (Å²) in [5.41, 5.74) is 0. The minimum absolute atomic E-state index is 0.0642. The van der Waals surface area contributed by atoms with E-state index >= 15 is 0 Å². The van der Waals surface area contributed by atoms with E-state index in [0.29, 0.717) is 0 Å². The van der Waals surface area contributed by atoms with Crippen LogP contribution in [0.1, 0.15) is 12.8 Å². The zero-order valence-electron chi connectivity index (χ0n) is 16.2. The molecule has 2 heterocycles. The van der Waals surface area contributed by atoms with E-state index in [-0.39, 0.29) is 12.6 Å². The van der Waals surface area contributed by atoms with Gasteiger partial charge < -0.3 is 9.47 Å². The summed E-state index contributed by atoms with van der Waals surface area (Å²) < 4.78 is 21.0. The van der Waals surface area contributed by atoms with Crippen molar-refractivity contribution < 1.29 is 18.9 Å². The first-order valence-electron chi connectivity index (χ1n) is 8.72. The van der Waals surface area contributed by atoms with Crippen LogP contribution < -0.4 is 0 Å². The SMILES string of the molecule is BrCCC1OCCO1.[CH3][Ge]([CH3])([CH3])[Br].[CH3][Ge]([CH3])([CH3])[CH2]CC1OCCO1. The molecule has 2 aliphatic rings. The van der Waals surface area contributed by atoms with Crippen LogP contribution in [-0.2, 0) is 18.9 Å². The normalized spacial score (nSPS) is 19.5. The third-order valence-corrected chi connectivity index (χ3v) is 7.07. The zero-order chi connectivity index (χ0) is 18.6. The van der Waals surface area contributed by atoms with Gasteiger partial charge in [-0.1, -0.05) is 15.9 Å². The van der Waals surface area contributed by atoms with Gasteiger partial charge in [-0.2, -0.15) is 0 Å². The van der Waals surface area contributed by atoms with Crippen LogP contribution in [0.4, 0.5) is 0 Å². The van der Waals surface area contributed by atoms with Crippen LogP contribution in [0.15, 0.2) is 0 Å². The maximum absolute atomic E-state index is 5.36. The van der Waals surface area contributed by atoms with E-state index < -0.39 is 24.7 Å². The molecule has 0 aromatic carbocycles. The van der Waals surface area contributed by atoms with Crippen molar-refractivity contribution in [3.05, 3.63) is 0 Å². The molecule has 0 aliphatic carbocycles. The van der Waals surface area contributed by atoms with Gasteiger partial charge in [0.1, 0.15) is 0 Å². The van der Waals surface area contributed by atoms with Gasteiger partial charge in [-0.25, -0.2) is 0 Å². The molecule has 146 valence electrons. The van der Waals surface area contributed by atoms with Gasteiger partial charge in [0.15, 0.2) is 6.29 Å². The molecule has 0 atom stereocenters. The number of alkyl halides is 1. The second-order valence-electron chi connectivity index (χ2n) is 7.99. The monoisotopic (exact) mass is 598 g/mol. The molecule has 0 radical (unpaired) electrons. The van der Waals surface area contributed by atoms with Gasteiger partial charge in [0.2, 0.25) is 0 Å². The van der Waals surface area contributed by atoms with E-state index in [1.54, 1.807) is 0 Å². The Hall–Kier alpha value is 1.89. The molecular formula is C16H36Br2Ge2O4. The number of halogens is 2. The molecule has 0 N–H and O–H groups in total. The van der Waals surface area contributed by atoms with Crippen LogP contribution in [-0.4, -0.2) is 69.0 Å². The number of ether oxygens (including phenoxy) is 4. The summed E-state index contributed by atoms with van der Waals surface area (Å²) in [5, 5.41) is 2.31. The Morgan fingerprint density at radius 1 is 0.750 bits per heavy atom. The maximum atomic E-state index is 5.36. The van der Waals surface area contributed by atoms with Crippen LogP contribution in [0, 0.1) is 0 Å². The second-order valence-corrected chi connectivity index (χ2v) is 41.6. The third kappa shape index (κ3) is 20.2. The molecule has 2 rings (SSSR count). The summed E-state index contributed by atoms with van der Waals surface area (Å²) in [7, 11) is 0. The summed E-state index contributed by atoms with van der Waals surface area (Å²) in [5.74, 6) is 14.2. The number of hydrogen-bond acceptors (Lipinski definition) is 4. The van der Waals surface area contributed by atoms with Gasteiger partial charge in [0.05, 0.1) is 13.2 Å². The molecule has 2 fully saturated rings. The summed E-state index contributed by atoms with van der Waals surface area (Å²) in [6.45, 7) is 3.11. The van der Waals surface area contributed by atoms with Crippen LogP contribution in [0.2, 0.25) is 39.8 Å². The Bertz CT molecular complexity index is 291. The minimum atomic E-state index is -1.33. The Kier molecular flexibility index (Phi) is 15.1. The molecular weight excluding hydrogens is 561 g/mol. The number of rotatable bonds is 5. The Labute approximate surface area is 169 Å². The third-order valence-electron chi connectivity index (χ3n) is 2.86. The van der Waals surface area contributed by atoms with Crippen molar-refractivity contribution in [2.24, 2.45) is 0 Å². The van der Waals surface area contributed by atoms with Crippen molar-refractivity contribution in [3.63, 3.8) is 0 Å². The first-order valence-corrected chi connectivity index (χ1v) is 28.8. The molecule has 0 aromatic heterocycles. The van der Waals surface area contributed by atoms with Crippen molar-refractivity contribution in [1.82, 2.24) is 0 Å². The van der Waals surface area contributed by atoms with Crippen LogP contribution in [0.5, 0.6) is 0 Å². The Morgan fingerprint density at radius 3 is 1.38 bits per heavy atom. The summed E-state index contributed by atoms with van der Waals surface area (Å²) >= 11 is 4.34. The van der Waals surface area contributed by atoms with Gasteiger partial charge in [0, 0.05) is 11.8 Å². The van der Waals surface area contributed by atoms with Crippen molar-refractivity contribution in [3.8, 4) is 0 Å². The summed E-state index contributed by atoms with van der Waals surface area (Å²) in [6.07, 6.45) is 2.26. The molecule has 0 aromatic rings. The van der Waals surface area contributed by atoms with Gasteiger partial charge in [0.25, 0.3) is 0 Å². The standard InChI is InChI=1S/C8H18GeO2.C5H9BrO2.C3H9BrGe/c1-9(2,3)5-4-8-10-6-7-11-8;6-2-1-5-7-3-4-8-5;1-5(2,3)4/h8H,4-7H2,1-3H3;5H,1-4H2;1-3H3. The van der Waals surface area contributed by atoms with Crippen molar-refractivity contribution in [2.75, 3.05) is 31.8 Å². The molecule has 0 bridgehead atoms. The second kappa shape index (κ2) is 14.0. The molecule has 8 heteroatoms. The molecule has 0 saturated carbocycles. The van der Waals surface area contributed by atoms with Crippen molar-refractivity contribution >= 4 is 54.6 Å².